The van der Waals surface area contributed by atoms with Crippen LogP contribution in [0.3, 0.4) is 0 Å². The molecule has 1 atom stereocenters. The van der Waals surface area contributed by atoms with Gasteiger partial charge in [-0.2, -0.15) is 0 Å². The molecule has 1 aromatic rings. The summed E-state index contributed by atoms with van der Waals surface area (Å²) in [5.41, 5.74) is 0.265. The summed E-state index contributed by atoms with van der Waals surface area (Å²) in [4.78, 5) is 61.3. The van der Waals surface area contributed by atoms with Crippen LogP contribution in [-0.4, -0.2) is 53.3 Å². The molecule has 0 spiro atoms. The maximum Gasteiger partial charge on any atom is 0.338 e. The van der Waals surface area contributed by atoms with Gasteiger partial charge in [-0.05, 0) is 39.0 Å². The number of imide groups is 2. The van der Waals surface area contributed by atoms with E-state index in [4.69, 9.17) is 4.74 Å². The van der Waals surface area contributed by atoms with Crippen LogP contribution in [-0.2, 0) is 9.53 Å². The topological polar surface area (TPSA) is 122 Å². The van der Waals surface area contributed by atoms with Crippen molar-refractivity contribution in [2.75, 3.05) is 6.54 Å². The van der Waals surface area contributed by atoms with Gasteiger partial charge in [0.25, 0.3) is 17.7 Å². The number of ether oxygens (including phenoxy) is 1. The van der Waals surface area contributed by atoms with Crippen molar-refractivity contribution in [1.29, 1.82) is 0 Å². The van der Waals surface area contributed by atoms with Crippen LogP contribution < -0.4 is 10.6 Å². The number of benzene rings is 1. The average Bonchev–Trinajstić information content (AvgIpc) is 2.85. The third-order valence-electron chi connectivity index (χ3n) is 3.83. The second kappa shape index (κ2) is 8.47. The standard InChI is InChI=1S/C19H21N3O6/c1-5-8-22-16(24)13-7-6-12(9-14(13)17(22)25)18(26)28-11(4)15(23)21-19(27)20-10(2)3/h5-7,9-11H,1,8H2,2-4H3,(H2,20,21,23,27)/t11-/m0/s1. The van der Waals surface area contributed by atoms with Crippen LogP contribution in [0.15, 0.2) is 30.9 Å². The lowest BCUT2D eigenvalue weighted by molar-refractivity contribution is -0.127. The maximum absolute atomic E-state index is 12.3. The third kappa shape index (κ3) is 4.43. The van der Waals surface area contributed by atoms with Crippen molar-refractivity contribution in [3.05, 3.63) is 47.5 Å². The van der Waals surface area contributed by atoms with Crippen LogP contribution in [0.5, 0.6) is 0 Å². The molecule has 9 heteroatoms. The molecule has 1 aromatic carbocycles. The van der Waals surface area contributed by atoms with Gasteiger partial charge in [-0.15, -0.1) is 6.58 Å². The molecule has 0 aliphatic carbocycles. The van der Waals surface area contributed by atoms with Gasteiger partial charge in [0.15, 0.2) is 6.10 Å². The fraction of sp³-hybridized carbons (Fsp3) is 0.316. The zero-order chi connectivity index (χ0) is 21.0. The Bertz CT molecular complexity index is 861. The number of hydrogen-bond donors (Lipinski definition) is 2. The summed E-state index contributed by atoms with van der Waals surface area (Å²) in [7, 11) is 0. The number of hydrogen-bond acceptors (Lipinski definition) is 6. The van der Waals surface area contributed by atoms with Gasteiger partial charge in [-0.25, -0.2) is 9.59 Å². The molecule has 5 amide bonds. The minimum Gasteiger partial charge on any atom is -0.449 e. The largest absolute Gasteiger partial charge is 0.449 e. The van der Waals surface area contributed by atoms with E-state index in [1.54, 1.807) is 13.8 Å². The molecule has 0 saturated heterocycles. The molecule has 0 fully saturated rings. The number of carbonyl (C=O) groups is 5. The second-order valence-electron chi connectivity index (χ2n) is 6.43. The molecular weight excluding hydrogens is 366 g/mol. The number of carbonyl (C=O) groups excluding carboxylic acids is 5. The molecule has 9 nitrogen and oxygen atoms in total. The Labute approximate surface area is 161 Å². The molecule has 0 aromatic heterocycles. The van der Waals surface area contributed by atoms with Crippen molar-refractivity contribution in [3.8, 4) is 0 Å². The monoisotopic (exact) mass is 387 g/mol. The molecule has 1 aliphatic heterocycles. The van der Waals surface area contributed by atoms with Crippen LogP contribution in [0.4, 0.5) is 4.79 Å². The lowest BCUT2D eigenvalue weighted by atomic mass is 10.1. The molecule has 148 valence electrons. The Kier molecular flexibility index (Phi) is 6.29. The van der Waals surface area contributed by atoms with Crippen molar-refractivity contribution in [3.63, 3.8) is 0 Å². The highest BCUT2D eigenvalue weighted by molar-refractivity contribution is 6.22. The van der Waals surface area contributed by atoms with Crippen LogP contribution in [0, 0.1) is 0 Å². The van der Waals surface area contributed by atoms with E-state index < -0.39 is 35.8 Å². The third-order valence-corrected chi connectivity index (χ3v) is 3.83. The summed E-state index contributed by atoms with van der Waals surface area (Å²) in [5.74, 6) is -2.66. The predicted molar refractivity (Wildman–Crippen MR) is 98.7 cm³/mol. The van der Waals surface area contributed by atoms with E-state index in [-0.39, 0.29) is 29.3 Å². The number of urea groups is 1. The normalized spacial score (nSPS) is 13.8. The molecule has 28 heavy (non-hydrogen) atoms. The molecule has 2 N–H and O–H groups in total. The van der Waals surface area contributed by atoms with Crippen LogP contribution in [0.2, 0.25) is 0 Å². The van der Waals surface area contributed by atoms with Crippen molar-refractivity contribution in [1.82, 2.24) is 15.5 Å². The SMILES string of the molecule is C=CCN1C(=O)c2ccc(C(=O)O[C@@H](C)C(=O)NC(=O)NC(C)C)cc2C1=O. The Hall–Kier alpha value is -3.49. The summed E-state index contributed by atoms with van der Waals surface area (Å²) in [6.45, 7) is 8.32. The van der Waals surface area contributed by atoms with Crippen molar-refractivity contribution < 1.29 is 28.7 Å². The second-order valence-corrected chi connectivity index (χ2v) is 6.43. The fourth-order valence-electron chi connectivity index (χ4n) is 2.51. The summed E-state index contributed by atoms with van der Waals surface area (Å²) < 4.78 is 5.04. The van der Waals surface area contributed by atoms with E-state index in [0.717, 1.165) is 4.90 Å². The van der Waals surface area contributed by atoms with E-state index in [1.807, 2.05) is 0 Å². The highest BCUT2D eigenvalue weighted by Crippen LogP contribution is 2.24. The Morgan fingerprint density at radius 1 is 1.14 bits per heavy atom. The number of nitrogens with one attached hydrogen (secondary N) is 2. The zero-order valence-corrected chi connectivity index (χ0v) is 15.8. The first kappa shape index (κ1) is 20.8. The van der Waals surface area contributed by atoms with E-state index in [0.29, 0.717) is 0 Å². The Morgan fingerprint density at radius 2 is 1.79 bits per heavy atom. The number of rotatable bonds is 6. The fourth-order valence-corrected chi connectivity index (χ4v) is 2.51. The lowest BCUT2D eigenvalue weighted by Gasteiger charge is -2.14. The molecule has 2 rings (SSSR count). The van der Waals surface area contributed by atoms with E-state index in [9.17, 15) is 24.0 Å². The van der Waals surface area contributed by atoms with Crippen molar-refractivity contribution in [2.24, 2.45) is 0 Å². The molecule has 0 saturated carbocycles. The summed E-state index contributed by atoms with van der Waals surface area (Å²) in [6, 6.07) is 3.07. The quantitative estimate of drug-likeness (QED) is 0.430. The molecule has 0 unspecified atom stereocenters. The number of amides is 5. The first-order valence-electron chi connectivity index (χ1n) is 8.59. The Morgan fingerprint density at radius 3 is 2.39 bits per heavy atom. The maximum atomic E-state index is 12.3. The average molecular weight is 387 g/mol. The summed E-state index contributed by atoms with van der Waals surface area (Å²) >= 11 is 0. The van der Waals surface area contributed by atoms with Gasteiger partial charge in [0.1, 0.15) is 0 Å². The van der Waals surface area contributed by atoms with E-state index in [2.05, 4.69) is 17.2 Å². The first-order valence-corrected chi connectivity index (χ1v) is 8.59. The van der Waals surface area contributed by atoms with Gasteiger partial charge in [-0.3, -0.25) is 24.6 Å². The number of nitrogens with zero attached hydrogens (tertiary/aromatic N) is 1. The number of fused-ring (bicyclic) bond motifs is 1. The molecule has 0 radical (unpaired) electrons. The van der Waals surface area contributed by atoms with Gasteiger partial charge in [0.2, 0.25) is 0 Å². The van der Waals surface area contributed by atoms with E-state index in [1.165, 1.54) is 31.2 Å². The van der Waals surface area contributed by atoms with Gasteiger partial charge in [-0.1, -0.05) is 6.08 Å². The molecule has 1 heterocycles. The zero-order valence-electron chi connectivity index (χ0n) is 15.8. The highest BCUT2D eigenvalue weighted by atomic mass is 16.5. The van der Waals surface area contributed by atoms with Gasteiger partial charge < -0.3 is 10.1 Å². The first-order chi connectivity index (χ1) is 13.1. The van der Waals surface area contributed by atoms with Crippen LogP contribution in [0.25, 0.3) is 0 Å². The van der Waals surface area contributed by atoms with Gasteiger partial charge in [0, 0.05) is 12.6 Å². The van der Waals surface area contributed by atoms with Gasteiger partial charge >= 0.3 is 12.0 Å². The molecule has 1 aliphatic rings. The smallest absolute Gasteiger partial charge is 0.338 e. The summed E-state index contributed by atoms with van der Waals surface area (Å²) in [6.07, 6.45) is 0.181. The molecule has 0 bridgehead atoms. The highest BCUT2D eigenvalue weighted by Gasteiger charge is 2.35. The van der Waals surface area contributed by atoms with Crippen LogP contribution in [0.1, 0.15) is 51.8 Å². The summed E-state index contributed by atoms with van der Waals surface area (Å²) in [5, 5.41) is 4.53. The lowest BCUT2D eigenvalue weighted by Crippen LogP contribution is -2.46. The minimum atomic E-state index is -1.24. The van der Waals surface area contributed by atoms with Gasteiger partial charge in [0.05, 0.1) is 16.7 Å². The van der Waals surface area contributed by atoms with Crippen molar-refractivity contribution >= 4 is 29.7 Å². The molecular formula is C19H21N3O6. The van der Waals surface area contributed by atoms with E-state index >= 15 is 0 Å². The predicted octanol–water partition coefficient (Wildman–Crippen LogP) is 1.25. The number of esters is 1. The van der Waals surface area contributed by atoms with Crippen LogP contribution >= 0.6 is 0 Å². The minimum absolute atomic E-state index is 0.00614. The Balaban J connectivity index is 2.07. The van der Waals surface area contributed by atoms with Crippen molar-refractivity contribution in [2.45, 2.75) is 32.9 Å².